The highest BCUT2D eigenvalue weighted by Gasteiger charge is 2.18. The smallest absolute Gasteiger partial charge is 0.0602 e. The van der Waals surface area contributed by atoms with Gasteiger partial charge in [0, 0.05) is 10.2 Å². The van der Waals surface area contributed by atoms with Crippen LogP contribution in [0.1, 0.15) is 38.8 Å². The fourth-order valence-corrected chi connectivity index (χ4v) is 2.43. The van der Waals surface area contributed by atoms with Crippen LogP contribution in [0.25, 0.3) is 6.08 Å². The van der Waals surface area contributed by atoms with Gasteiger partial charge in [0.25, 0.3) is 0 Å². The molecule has 0 aliphatic carbocycles. The first-order valence-electron chi connectivity index (χ1n) is 5.87. The largest absolute Gasteiger partial charge is 0.354 e. The molecule has 0 atom stereocenters. The molecule has 0 saturated heterocycles. The molecule has 1 N–H and O–H groups in total. The highest BCUT2D eigenvalue weighted by molar-refractivity contribution is 9.10. The number of halogens is 1. The Balaban J connectivity index is 2.54. The minimum absolute atomic E-state index is 0.173. The van der Waals surface area contributed by atoms with Crippen molar-refractivity contribution in [3.05, 3.63) is 45.6 Å². The van der Waals surface area contributed by atoms with Crippen LogP contribution in [0.3, 0.4) is 0 Å². The van der Waals surface area contributed by atoms with Gasteiger partial charge in [-0.15, -0.1) is 0 Å². The first kappa shape index (κ1) is 12.4. The summed E-state index contributed by atoms with van der Waals surface area (Å²) < 4.78 is 1.13. The third-order valence-corrected chi connectivity index (χ3v) is 3.63. The van der Waals surface area contributed by atoms with Gasteiger partial charge >= 0.3 is 0 Å². The van der Waals surface area contributed by atoms with Gasteiger partial charge in [0.2, 0.25) is 0 Å². The van der Waals surface area contributed by atoms with Crippen molar-refractivity contribution in [3.63, 3.8) is 0 Å². The van der Waals surface area contributed by atoms with Crippen LogP contribution < -0.4 is 5.32 Å². The Hall–Kier alpha value is -1.02. The SMILES string of the molecule is C/C=C1\C=Cc2cc(C(C)(C)C)cc(Br)c2N1. The standard InChI is InChI=1S/C15H18BrN/c1-5-12-7-6-10-8-11(15(2,3)4)9-13(16)14(10)17-12/h5-9,17H,1-4H3/b12-5+. The average molecular weight is 292 g/mol. The van der Waals surface area contributed by atoms with Crippen molar-refractivity contribution in [1.29, 1.82) is 0 Å². The van der Waals surface area contributed by atoms with Crippen LogP contribution in [0.4, 0.5) is 5.69 Å². The van der Waals surface area contributed by atoms with E-state index in [9.17, 15) is 0 Å². The van der Waals surface area contributed by atoms with Gasteiger partial charge in [-0.05, 0) is 57.6 Å². The van der Waals surface area contributed by atoms with E-state index < -0.39 is 0 Å². The fourth-order valence-electron chi connectivity index (χ4n) is 1.86. The molecule has 2 heteroatoms. The Kier molecular flexibility index (Phi) is 3.17. The molecule has 2 rings (SSSR count). The van der Waals surface area contributed by atoms with Crippen LogP contribution in [0, 0.1) is 0 Å². The predicted molar refractivity (Wildman–Crippen MR) is 79.3 cm³/mol. The molecule has 0 amide bonds. The second-order valence-corrected chi connectivity index (χ2v) is 6.23. The number of allylic oxidation sites excluding steroid dienone is 2. The maximum atomic E-state index is 3.66. The van der Waals surface area contributed by atoms with E-state index in [1.54, 1.807) is 0 Å². The van der Waals surface area contributed by atoms with Crippen LogP contribution in [-0.2, 0) is 5.41 Å². The van der Waals surface area contributed by atoms with E-state index in [1.807, 2.05) is 6.92 Å². The highest BCUT2D eigenvalue weighted by atomic mass is 79.9. The minimum Gasteiger partial charge on any atom is -0.354 e. The number of hydrogen-bond acceptors (Lipinski definition) is 1. The number of rotatable bonds is 0. The van der Waals surface area contributed by atoms with Gasteiger partial charge in [-0.1, -0.05) is 32.9 Å². The molecule has 0 radical (unpaired) electrons. The second-order valence-electron chi connectivity index (χ2n) is 5.37. The average Bonchev–Trinajstić information content (AvgIpc) is 2.27. The molecule has 0 bridgehead atoms. The van der Waals surface area contributed by atoms with E-state index in [-0.39, 0.29) is 5.41 Å². The maximum absolute atomic E-state index is 3.66. The van der Waals surface area contributed by atoms with E-state index in [4.69, 9.17) is 0 Å². The van der Waals surface area contributed by atoms with E-state index in [2.05, 4.69) is 72.4 Å². The summed E-state index contributed by atoms with van der Waals surface area (Å²) in [5, 5.41) is 3.42. The Morgan fingerprint density at radius 2 is 1.88 bits per heavy atom. The number of benzene rings is 1. The van der Waals surface area contributed by atoms with Crippen molar-refractivity contribution < 1.29 is 0 Å². The third-order valence-electron chi connectivity index (χ3n) is 3.01. The van der Waals surface area contributed by atoms with Crippen molar-refractivity contribution in [2.24, 2.45) is 0 Å². The number of anilines is 1. The van der Waals surface area contributed by atoms with E-state index >= 15 is 0 Å². The molecule has 1 nitrogen and oxygen atoms in total. The molecule has 1 heterocycles. The Morgan fingerprint density at radius 1 is 1.18 bits per heavy atom. The zero-order valence-electron chi connectivity index (χ0n) is 10.8. The monoisotopic (exact) mass is 291 g/mol. The number of fused-ring (bicyclic) bond motifs is 1. The minimum atomic E-state index is 0.173. The van der Waals surface area contributed by atoms with E-state index in [0.717, 1.165) is 15.9 Å². The first-order valence-corrected chi connectivity index (χ1v) is 6.66. The summed E-state index contributed by atoms with van der Waals surface area (Å²) in [5.74, 6) is 0. The number of nitrogens with one attached hydrogen (secondary N) is 1. The summed E-state index contributed by atoms with van der Waals surface area (Å²) in [6.45, 7) is 8.74. The molecule has 0 aromatic heterocycles. The van der Waals surface area contributed by atoms with Gasteiger partial charge in [-0.2, -0.15) is 0 Å². The van der Waals surface area contributed by atoms with Gasteiger partial charge < -0.3 is 5.32 Å². The second kappa shape index (κ2) is 4.34. The summed E-state index contributed by atoms with van der Waals surface area (Å²) in [5.41, 5.74) is 5.07. The Labute approximate surface area is 112 Å². The summed E-state index contributed by atoms with van der Waals surface area (Å²) in [6.07, 6.45) is 6.35. The molecular formula is C15H18BrN. The Morgan fingerprint density at radius 3 is 2.47 bits per heavy atom. The third kappa shape index (κ3) is 2.47. The molecule has 17 heavy (non-hydrogen) atoms. The van der Waals surface area contributed by atoms with Crippen LogP contribution in [0.15, 0.2) is 34.5 Å². The van der Waals surface area contributed by atoms with Crippen LogP contribution in [-0.4, -0.2) is 0 Å². The first-order chi connectivity index (χ1) is 7.91. The Bertz CT molecular complexity index is 504. The van der Waals surface area contributed by atoms with Crippen molar-refractivity contribution in [1.82, 2.24) is 0 Å². The van der Waals surface area contributed by atoms with Gasteiger partial charge in [0.05, 0.1) is 5.69 Å². The summed E-state index contributed by atoms with van der Waals surface area (Å²) >= 11 is 3.66. The summed E-state index contributed by atoms with van der Waals surface area (Å²) in [7, 11) is 0. The molecule has 90 valence electrons. The van der Waals surface area contributed by atoms with Crippen molar-refractivity contribution in [3.8, 4) is 0 Å². The van der Waals surface area contributed by atoms with Gasteiger partial charge in [0.1, 0.15) is 0 Å². The summed E-state index contributed by atoms with van der Waals surface area (Å²) in [4.78, 5) is 0. The predicted octanol–water partition coefficient (Wildman–Crippen LogP) is 5.09. The molecule has 1 aliphatic heterocycles. The molecular weight excluding hydrogens is 274 g/mol. The quantitative estimate of drug-likeness (QED) is 0.702. The molecule has 0 saturated carbocycles. The topological polar surface area (TPSA) is 12.0 Å². The normalized spacial score (nSPS) is 16.9. The number of hydrogen-bond donors (Lipinski definition) is 1. The van der Waals surface area contributed by atoms with E-state index in [0.29, 0.717) is 0 Å². The molecule has 1 aromatic carbocycles. The fraction of sp³-hybridized carbons (Fsp3) is 0.333. The molecule has 1 aliphatic rings. The van der Waals surface area contributed by atoms with Gasteiger partial charge in [-0.25, -0.2) is 0 Å². The molecule has 0 spiro atoms. The highest BCUT2D eigenvalue weighted by Crippen LogP contribution is 2.36. The zero-order chi connectivity index (χ0) is 12.6. The summed E-state index contributed by atoms with van der Waals surface area (Å²) in [6, 6.07) is 4.47. The van der Waals surface area contributed by atoms with Crippen LogP contribution >= 0.6 is 15.9 Å². The molecule has 0 fully saturated rings. The zero-order valence-corrected chi connectivity index (χ0v) is 12.4. The van der Waals surface area contributed by atoms with Crippen molar-refractivity contribution in [2.45, 2.75) is 33.1 Å². The van der Waals surface area contributed by atoms with Crippen LogP contribution in [0.5, 0.6) is 0 Å². The van der Waals surface area contributed by atoms with Crippen LogP contribution in [0.2, 0.25) is 0 Å². The van der Waals surface area contributed by atoms with Crippen molar-refractivity contribution in [2.75, 3.05) is 5.32 Å². The van der Waals surface area contributed by atoms with Gasteiger partial charge in [-0.3, -0.25) is 0 Å². The van der Waals surface area contributed by atoms with Crippen molar-refractivity contribution >= 4 is 27.7 Å². The lowest BCUT2D eigenvalue weighted by atomic mass is 9.85. The maximum Gasteiger partial charge on any atom is 0.0602 e. The van der Waals surface area contributed by atoms with E-state index in [1.165, 1.54) is 11.1 Å². The lowest BCUT2D eigenvalue weighted by molar-refractivity contribution is 0.590. The lowest BCUT2D eigenvalue weighted by Crippen LogP contribution is -2.13. The lowest BCUT2D eigenvalue weighted by Gasteiger charge is -2.24. The molecule has 1 aromatic rings. The van der Waals surface area contributed by atoms with Gasteiger partial charge in [0.15, 0.2) is 0 Å². The molecule has 0 unspecified atom stereocenters.